The average Bonchev–Trinajstić information content (AvgIpc) is 2.58. The van der Waals surface area contributed by atoms with Crippen LogP contribution in [-0.2, 0) is 6.42 Å². The molecule has 0 unspecified atom stereocenters. The molecule has 3 heteroatoms. The molecule has 1 aromatic carbocycles. The summed E-state index contributed by atoms with van der Waals surface area (Å²) in [6, 6.07) is 4.93. The number of unbranched alkanes of at least 4 members (excludes halogenated alkanes) is 6. The van der Waals surface area contributed by atoms with Crippen molar-refractivity contribution in [2.24, 2.45) is 0 Å². The molecule has 0 aromatic heterocycles. The van der Waals surface area contributed by atoms with Crippen LogP contribution in [0.1, 0.15) is 80.6 Å². The zero-order chi connectivity index (χ0) is 18.3. The second kappa shape index (κ2) is 13.3. The first-order chi connectivity index (χ1) is 12.2. The van der Waals surface area contributed by atoms with Crippen molar-refractivity contribution >= 4 is 5.97 Å². The molecule has 0 fully saturated rings. The van der Waals surface area contributed by atoms with Crippen LogP contribution < -0.4 is 0 Å². The maximum Gasteiger partial charge on any atom is 0.339 e. The van der Waals surface area contributed by atoms with Crippen LogP contribution >= 0.6 is 0 Å². The van der Waals surface area contributed by atoms with Gasteiger partial charge < -0.3 is 10.2 Å². The van der Waals surface area contributed by atoms with Crippen LogP contribution in [0.5, 0.6) is 5.75 Å². The fourth-order valence-electron chi connectivity index (χ4n) is 2.82. The van der Waals surface area contributed by atoms with E-state index in [1.165, 1.54) is 38.2 Å². The van der Waals surface area contributed by atoms with E-state index in [0.29, 0.717) is 6.42 Å². The van der Waals surface area contributed by atoms with Gasteiger partial charge in [0.05, 0.1) is 0 Å². The lowest BCUT2D eigenvalue weighted by Crippen LogP contribution is -2.03. The summed E-state index contributed by atoms with van der Waals surface area (Å²) < 4.78 is 0. The predicted octanol–water partition coefficient (Wildman–Crippen LogP) is 6.28. The van der Waals surface area contributed by atoms with Gasteiger partial charge in [-0.2, -0.15) is 0 Å². The molecular weight excluding hydrogens is 312 g/mol. The molecule has 0 aliphatic rings. The SMILES string of the molecule is CCC/C=C/C/C=C/CCCCCCCc1cccc(O)c1C(=O)O. The Morgan fingerprint density at radius 3 is 2.36 bits per heavy atom. The van der Waals surface area contributed by atoms with Crippen LogP contribution in [-0.4, -0.2) is 16.2 Å². The van der Waals surface area contributed by atoms with E-state index in [2.05, 4.69) is 31.2 Å². The van der Waals surface area contributed by atoms with E-state index >= 15 is 0 Å². The number of hydrogen-bond donors (Lipinski definition) is 2. The Kier molecular flexibility index (Phi) is 11.2. The molecule has 0 bridgehead atoms. The summed E-state index contributed by atoms with van der Waals surface area (Å²) in [7, 11) is 0. The van der Waals surface area contributed by atoms with E-state index in [1.807, 2.05) is 0 Å². The Morgan fingerprint density at radius 2 is 1.64 bits per heavy atom. The number of carbonyl (C=O) groups is 1. The Labute approximate surface area is 152 Å². The normalized spacial score (nSPS) is 11.6. The smallest absolute Gasteiger partial charge is 0.339 e. The van der Waals surface area contributed by atoms with Crippen molar-refractivity contribution in [2.75, 3.05) is 0 Å². The first kappa shape index (κ1) is 21.0. The number of carboxylic acids is 1. The molecule has 0 saturated heterocycles. The first-order valence-corrected chi connectivity index (χ1v) is 9.51. The third-order valence-corrected chi connectivity index (χ3v) is 4.22. The number of phenols is 1. The fraction of sp³-hybridized carbons (Fsp3) is 0.500. The second-order valence-electron chi connectivity index (χ2n) is 6.39. The third kappa shape index (κ3) is 9.13. The Hall–Kier alpha value is -2.03. The third-order valence-electron chi connectivity index (χ3n) is 4.22. The largest absolute Gasteiger partial charge is 0.507 e. The van der Waals surface area contributed by atoms with Crippen LogP contribution in [0.2, 0.25) is 0 Å². The van der Waals surface area contributed by atoms with Gasteiger partial charge in [-0.3, -0.25) is 0 Å². The highest BCUT2D eigenvalue weighted by molar-refractivity contribution is 5.92. The van der Waals surface area contributed by atoms with Gasteiger partial charge in [0.15, 0.2) is 0 Å². The summed E-state index contributed by atoms with van der Waals surface area (Å²) >= 11 is 0. The standard InChI is InChI=1S/C22H32O3/c1-2-3-4-5-6-7-8-9-10-11-12-13-14-16-19-17-15-18-20(23)21(19)22(24)25/h4-5,7-8,15,17-18,23H,2-3,6,9-14,16H2,1H3,(H,24,25)/b5-4+,8-7+. The lowest BCUT2D eigenvalue weighted by Gasteiger charge is -2.07. The second-order valence-corrected chi connectivity index (χ2v) is 6.39. The average molecular weight is 344 g/mol. The molecule has 0 amide bonds. The lowest BCUT2D eigenvalue weighted by molar-refractivity contribution is 0.0692. The summed E-state index contributed by atoms with van der Waals surface area (Å²) in [5, 5.41) is 18.9. The summed E-state index contributed by atoms with van der Waals surface area (Å²) in [6.45, 7) is 2.19. The quantitative estimate of drug-likeness (QED) is 0.327. The Bertz CT molecular complexity index is 558. The van der Waals surface area contributed by atoms with Crippen molar-refractivity contribution in [3.8, 4) is 5.75 Å². The van der Waals surface area contributed by atoms with Gasteiger partial charge in [0.25, 0.3) is 0 Å². The van der Waals surface area contributed by atoms with Crippen molar-refractivity contribution in [1.82, 2.24) is 0 Å². The van der Waals surface area contributed by atoms with Crippen LogP contribution in [0.15, 0.2) is 42.5 Å². The minimum absolute atomic E-state index is 0.0561. The number of benzene rings is 1. The van der Waals surface area contributed by atoms with Gasteiger partial charge in [-0.1, -0.05) is 69.0 Å². The van der Waals surface area contributed by atoms with Crippen LogP contribution in [0.3, 0.4) is 0 Å². The molecule has 0 radical (unpaired) electrons. The van der Waals surface area contributed by atoms with Gasteiger partial charge in [0.2, 0.25) is 0 Å². The van der Waals surface area contributed by atoms with Gasteiger partial charge in [0.1, 0.15) is 11.3 Å². The van der Waals surface area contributed by atoms with Crippen molar-refractivity contribution in [2.45, 2.75) is 71.1 Å². The number of hydrogen-bond acceptors (Lipinski definition) is 2. The summed E-state index contributed by atoms with van der Waals surface area (Å²) in [5.41, 5.74) is 0.784. The number of rotatable bonds is 13. The molecule has 0 aliphatic carbocycles. The van der Waals surface area contributed by atoms with Crippen molar-refractivity contribution in [1.29, 1.82) is 0 Å². The topological polar surface area (TPSA) is 57.5 Å². The first-order valence-electron chi connectivity index (χ1n) is 9.51. The van der Waals surface area contributed by atoms with Crippen molar-refractivity contribution < 1.29 is 15.0 Å². The molecule has 1 rings (SSSR count). The van der Waals surface area contributed by atoms with Crippen molar-refractivity contribution in [3.05, 3.63) is 53.6 Å². The Balaban J connectivity index is 2.11. The van der Waals surface area contributed by atoms with E-state index < -0.39 is 5.97 Å². The van der Waals surface area contributed by atoms with Gasteiger partial charge >= 0.3 is 5.97 Å². The molecule has 3 nitrogen and oxygen atoms in total. The van der Waals surface area contributed by atoms with E-state index in [9.17, 15) is 15.0 Å². The zero-order valence-electron chi connectivity index (χ0n) is 15.4. The highest BCUT2D eigenvalue weighted by Crippen LogP contribution is 2.23. The molecule has 1 aromatic rings. The number of aromatic carboxylic acids is 1. The summed E-state index contributed by atoms with van der Waals surface area (Å²) in [6.07, 6.45) is 19.9. The molecule has 0 atom stereocenters. The highest BCUT2D eigenvalue weighted by atomic mass is 16.4. The van der Waals surface area contributed by atoms with E-state index in [0.717, 1.165) is 31.2 Å². The molecule has 0 aliphatic heterocycles. The minimum atomic E-state index is -1.05. The summed E-state index contributed by atoms with van der Waals surface area (Å²) in [5.74, 6) is -1.19. The maximum absolute atomic E-state index is 11.2. The molecule has 138 valence electrons. The van der Waals surface area contributed by atoms with Crippen LogP contribution in [0.4, 0.5) is 0 Å². The number of carboxylic acid groups (broad SMARTS) is 1. The van der Waals surface area contributed by atoms with Gasteiger partial charge in [-0.25, -0.2) is 4.79 Å². The van der Waals surface area contributed by atoms with E-state index in [1.54, 1.807) is 12.1 Å². The molecular formula is C22H32O3. The maximum atomic E-state index is 11.2. The molecule has 0 spiro atoms. The fourth-order valence-corrected chi connectivity index (χ4v) is 2.82. The van der Waals surface area contributed by atoms with Crippen molar-refractivity contribution in [3.63, 3.8) is 0 Å². The van der Waals surface area contributed by atoms with Gasteiger partial charge in [-0.15, -0.1) is 0 Å². The van der Waals surface area contributed by atoms with Gasteiger partial charge in [0, 0.05) is 0 Å². The van der Waals surface area contributed by atoms with E-state index in [4.69, 9.17) is 0 Å². The van der Waals surface area contributed by atoms with Crippen LogP contribution in [0.25, 0.3) is 0 Å². The molecule has 2 N–H and O–H groups in total. The molecule has 0 heterocycles. The predicted molar refractivity (Wildman–Crippen MR) is 104 cm³/mol. The zero-order valence-corrected chi connectivity index (χ0v) is 15.4. The lowest BCUT2D eigenvalue weighted by atomic mass is 9.99. The number of aryl methyl sites for hydroxylation is 1. The molecule has 0 saturated carbocycles. The van der Waals surface area contributed by atoms with Gasteiger partial charge in [-0.05, 0) is 50.2 Å². The number of allylic oxidation sites excluding steroid dienone is 4. The summed E-state index contributed by atoms with van der Waals surface area (Å²) in [4.78, 5) is 11.2. The minimum Gasteiger partial charge on any atom is -0.507 e. The monoisotopic (exact) mass is 344 g/mol. The van der Waals surface area contributed by atoms with E-state index in [-0.39, 0.29) is 11.3 Å². The van der Waals surface area contributed by atoms with Crippen LogP contribution in [0, 0.1) is 0 Å². The molecule has 25 heavy (non-hydrogen) atoms. The highest BCUT2D eigenvalue weighted by Gasteiger charge is 2.14. The number of aromatic hydroxyl groups is 1. The Morgan fingerprint density at radius 1 is 0.960 bits per heavy atom.